The molecular weight excluding hydrogens is 268 g/mol. The molecule has 0 spiro atoms. The number of nitrogens with zero attached hydrogens (tertiary/aromatic N) is 2. The summed E-state index contributed by atoms with van der Waals surface area (Å²) in [6.07, 6.45) is 2.41. The molecule has 2 rings (SSSR count). The molecule has 0 bridgehead atoms. The summed E-state index contributed by atoms with van der Waals surface area (Å²) in [4.78, 5) is 26.7. The molecule has 0 fully saturated rings. The Morgan fingerprint density at radius 1 is 1.29 bits per heavy atom. The fourth-order valence-corrected chi connectivity index (χ4v) is 2.35. The molecule has 0 aliphatic carbocycles. The van der Waals surface area contributed by atoms with E-state index in [0.29, 0.717) is 25.1 Å². The van der Waals surface area contributed by atoms with E-state index in [1.807, 2.05) is 35.2 Å². The molecule has 1 aromatic rings. The molecule has 21 heavy (non-hydrogen) atoms. The molecular formula is C16H20N2O3. The summed E-state index contributed by atoms with van der Waals surface area (Å²) in [6.45, 7) is 1.88. The van der Waals surface area contributed by atoms with Gasteiger partial charge in [0, 0.05) is 32.3 Å². The Morgan fingerprint density at radius 2 is 2.00 bits per heavy atom. The quantitative estimate of drug-likeness (QED) is 0.889. The molecule has 0 saturated heterocycles. The highest BCUT2D eigenvalue weighted by molar-refractivity contribution is 5.87. The van der Waals surface area contributed by atoms with Crippen molar-refractivity contribution >= 4 is 11.9 Å². The van der Waals surface area contributed by atoms with E-state index in [-0.39, 0.29) is 12.5 Å². The van der Waals surface area contributed by atoms with Gasteiger partial charge in [-0.3, -0.25) is 9.69 Å². The van der Waals surface area contributed by atoms with Crippen LogP contribution in [0.15, 0.2) is 42.0 Å². The predicted octanol–water partition coefficient (Wildman–Crippen LogP) is 1.36. The van der Waals surface area contributed by atoms with Gasteiger partial charge in [0.2, 0.25) is 5.91 Å². The van der Waals surface area contributed by atoms with Gasteiger partial charge in [-0.1, -0.05) is 36.4 Å². The third-order valence-corrected chi connectivity index (χ3v) is 3.55. The summed E-state index contributed by atoms with van der Waals surface area (Å²) >= 11 is 0. The minimum Gasteiger partial charge on any atom is -0.478 e. The molecule has 0 radical (unpaired) electrons. The van der Waals surface area contributed by atoms with Gasteiger partial charge in [0.25, 0.3) is 0 Å². The molecule has 1 aliphatic heterocycles. The molecule has 112 valence electrons. The van der Waals surface area contributed by atoms with Crippen molar-refractivity contribution in [3.05, 3.63) is 47.5 Å². The lowest BCUT2D eigenvalue weighted by atomic mass is 10.1. The topological polar surface area (TPSA) is 60.9 Å². The standard InChI is InChI=1S/C16H20N2O3/c1-17(10-13-6-3-2-4-7-13)15(19)12-18-9-5-8-14(11-18)16(20)21/h2-4,6-8H,5,9-12H2,1H3,(H,20,21). The normalized spacial score (nSPS) is 15.4. The summed E-state index contributed by atoms with van der Waals surface area (Å²) < 4.78 is 0. The average Bonchev–Trinajstić information content (AvgIpc) is 2.48. The monoisotopic (exact) mass is 288 g/mol. The third-order valence-electron chi connectivity index (χ3n) is 3.55. The van der Waals surface area contributed by atoms with Crippen LogP contribution >= 0.6 is 0 Å². The van der Waals surface area contributed by atoms with Crippen molar-refractivity contribution in [2.24, 2.45) is 0 Å². The molecule has 1 aromatic carbocycles. The first-order valence-corrected chi connectivity index (χ1v) is 6.99. The van der Waals surface area contributed by atoms with E-state index in [9.17, 15) is 9.59 Å². The van der Waals surface area contributed by atoms with E-state index in [0.717, 1.165) is 12.1 Å². The maximum Gasteiger partial charge on any atom is 0.332 e. The highest BCUT2D eigenvalue weighted by Gasteiger charge is 2.20. The molecule has 0 saturated carbocycles. The molecule has 5 nitrogen and oxygen atoms in total. The molecule has 0 atom stereocenters. The van der Waals surface area contributed by atoms with Crippen LogP contribution in [0.2, 0.25) is 0 Å². The fourth-order valence-electron chi connectivity index (χ4n) is 2.35. The molecule has 0 unspecified atom stereocenters. The smallest absolute Gasteiger partial charge is 0.332 e. The number of benzene rings is 1. The number of carbonyl (C=O) groups is 2. The largest absolute Gasteiger partial charge is 0.478 e. The molecule has 1 amide bonds. The van der Waals surface area contributed by atoms with Crippen LogP contribution in [0.1, 0.15) is 12.0 Å². The maximum atomic E-state index is 12.2. The first-order chi connectivity index (χ1) is 10.1. The van der Waals surface area contributed by atoms with Gasteiger partial charge < -0.3 is 10.0 Å². The molecule has 0 aromatic heterocycles. The fraction of sp³-hybridized carbons (Fsp3) is 0.375. The lowest BCUT2D eigenvalue weighted by molar-refractivity contribution is -0.134. The van der Waals surface area contributed by atoms with E-state index < -0.39 is 5.97 Å². The van der Waals surface area contributed by atoms with Gasteiger partial charge in [-0.05, 0) is 12.0 Å². The summed E-state index contributed by atoms with van der Waals surface area (Å²) in [5, 5.41) is 9.00. The Labute approximate surface area is 124 Å². The van der Waals surface area contributed by atoms with Gasteiger partial charge in [-0.25, -0.2) is 4.79 Å². The minimum absolute atomic E-state index is 0.00509. The summed E-state index contributed by atoms with van der Waals surface area (Å²) in [6, 6.07) is 9.80. The highest BCUT2D eigenvalue weighted by atomic mass is 16.4. The Morgan fingerprint density at radius 3 is 2.67 bits per heavy atom. The average molecular weight is 288 g/mol. The van der Waals surface area contributed by atoms with E-state index >= 15 is 0 Å². The lowest BCUT2D eigenvalue weighted by Crippen LogP contribution is -2.41. The first kappa shape index (κ1) is 15.3. The van der Waals surface area contributed by atoms with Crippen molar-refractivity contribution in [1.29, 1.82) is 0 Å². The highest BCUT2D eigenvalue weighted by Crippen LogP contribution is 2.10. The van der Waals surface area contributed by atoms with Crippen LogP contribution in [-0.4, -0.2) is 53.5 Å². The van der Waals surface area contributed by atoms with Crippen LogP contribution in [-0.2, 0) is 16.1 Å². The Kier molecular flexibility index (Phi) is 5.11. The van der Waals surface area contributed by atoms with Crippen molar-refractivity contribution in [1.82, 2.24) is 9.80 Å². The molecule has 1 N–H and O–H groups in total. The third kappa shape index (κ3) is 4.43. The SMILES string of the molecule is CN(Cc1ccccc1)C(=O)CN1CCC=C(C(=O)O)C1. The van der Waals surface area contributed by atoms with Crippen molar-refractivity contribution in [3.8, 4) is 0 Å². The Balaban J connectivity index is 1.87. The van der Waals surface area contributed by atoms with Crippen molar-refractivity contribution < 1.29 is 14.7 Å². The van der Waals surface area contributed by atoms with Gasteiger partial charge in [-0.2, -0.15) is 0 Å². The number of hydrogen-bond acceptors (Lipinski definition) is 3. The van der Waals surface area contributed by atoms with Gasteiger partial charge >= 0.3 is 5.97 Å². The number of carbonyl (C=O) groups excluding carboxylic acids is 1. The Bertz CT molecular complexity index is 540. The lowest BCUT2D eigenvalue weighted by Gasteiger charge is -2.27. The van der Waals surface area contributed by atoms with Gasteiger partial charge in [0.15, 0.2) is 0 Å². The van der Waals surface area contributed by atoms with E-state index in [2.05, 4.69) is 0 Å². The van der Waals surface area contributed by atoms with Crippen LogP contribution in [0.4, 0.5) is 0 Å². The van der Waals surface area contributed by atoms with Gasteiger partial charge in [0.1, 0.15) is 0 Å². The second kappa shape index (κ2) is 7.04. The van der Waals surface area contributed by atoms with Crippen LogP contribution in [0.5, 0.6) is 0 Å². The van der Waals surface area contributed by atoms with Gasteiger partial charge in [0.05, 0.1) is 6.54 Å². The predicted molar refractivity (Wildman–Crippen MR) is 79.7 cm³/mol. The van der Waals surface area contributed by atoms with Crippen LogP contribution in [0.25, 0.3) is 0 Å². The number of aliphatic carboxylic acids is 1. The molecule has 1 heterocycles. The maximum absolute atomic E-state index is 12.2. The summed E-state index contributed by atoms with van der Waals surface area (Å²) in [5.41, 5.74) is 1.46. The molecule has 1 aliphatic rings. The van der Waals surface area contributed by atoms with Crippen molar-refractivity contribution in [2.75, 3.05) is 26.7 Å². The van der Waals surface area contributed by atoms with Gasteiger partial charge in [-0.15, -0.1) is 0 Å². The van der Waals surface area contributed by atoms with Crippen LogP contribution < -0.4 is 0 Å². The summed E-state index contributed by atoms with van der Waals surface area (Å²) in [5.74, 6) is -0.893. The zero-order valence-electron chi connectivity index (χ0n) is 12.2. The number of carboxylic acid groups (broad SMARTS) is 1. The van der Waals surface area contributed by atoms with E-state index in [1.54, 1.807) is 18.0 Å². The zero-order chi connectivity index (χ0) is 15.2. The second-order valence-electron chi connectivity index (χ2n) is 5.27. The van der Waals surface area contributed by atoms with Crippen molar-refractivity contribution in [3.63, 3.8) is 0 Å². The summed E-state index contributed by atoms with van der Waals surface area (Å²) in [7, 11) is 1.77. The Hall–Kier alpha value is -2.14. The molecule has 5 heteroatoms. The number of carboxylic acids is 1. The van der Waals surface area contributed by atoms with Crippen molar-refractivity contribution in [2.45, 2.75) is 13.0 Å². The van der Waals surface area contributed by atoms with Crippen LogP contribution in [0.3, 0.4) is 0 Å². The number of rotatable bonds is 5. The van der Waals surface area contributed by atoms with E-state index in [4.69, 9.17) is 5.11 Å². The second-order valence-corrected chi connectivity index (χ2v) is 5.27. The van der Waals surface area contributed by atoms with E-state index in [1.165, 1.54) is 0 Å². The van der Waals surface area contributed by atoms with Crippen LogP contribution in [0, 0.1) is 0 Å². The number of likely N-dealkylation sites (N-methyl/N-ethyl adjacent to an activating group) is 1. The first-order valence-electron chi connectivity index (χ1n) is 6.99. The zero-order valence-corrected chi connectivity index (χ0v) is 12.2. The number of hydrogen-bond donors (Lipinski definition) is 1. The minimum atomic E-state index is -0.898. The number of amides is 1.